The summed E-state index contributed by atoms with van der Waals surface area (Å²) >= 11 is 0. The van der Waals surface area contributed by atoms with Crippen molar-refractivity contribution in [2.75, 3.05) is 26.2 Å². The third-order valence-electron chi connectivity index (χ3n) is 2.98. The molecular weight excluding hydrogens is 234 g/mol. The van der Waals surface area contributed by atoms with E-state index in [1.54, 1.807) is 6.92 Å². The highest BCUT2D eigenvalue weighted by molar-refractivity contribution is 5.92. The van der Waals surface area contributed by atoms with Gasteiger partial charge in [0.1, 0.15) is 0 Å². The van der Waals surface area contributed by atoms with Crippen molar-refractivity contribution in [3.8, 4) is 0 Å². The second kappa shape index (κ2) is 6.51. The first kappa shape index (κ1) is 13.0. The number of hydrogen-bond donors (Lipinski definition) is 2. The van der Waals surface area contributed by atoms with E-state index in [2.05, 4.69) is 15.6 Å². The average molecular weight is 253 g/mol. The van der Waals surface area contributed by atoms with Crippen molar-refractivity contribution < 1.29 is 13.9 Å². The van der Waals surface area contributed by atoms with E-state index in [0.29, 0.717) is 24.9 Å². The maximum Gasteiger partial charge on any atom is 0.289 e. The number of piperidine rings is 1. The zero-order valence-corrected chi connectivity index (χ0v) is 10.6. The molecule has 1 saturated heterocycles. The smallest absolute Gasteiger partial charge is 0.289 e. The van der Waals surface area contributed by atoms with Gasteiger partial charge in [0.25, 0.3) is 5.91 Å². The number of ether oxygens (including phenoxy) is 1. The number of rotatable bonds is 5. The fraction of sp³-hybridized carbons (Fsp3) is 0.667. The average Bonchev–Trinajstić information content (AvgIpc) is 2.82. The molecule has 0 bridgehead atoms. The number of nitrogens with one attached hydrogen (secondary N) is 2. The fourth-order valence-electron chi connectivity index (χ4n) is 1.95. The Balaban J connectivity index is 1.63. The fourth-order valence-corrected chi connectivity index (χ4v) is 1.95. The zero-order valence-electron chi connectivity index (χ0n) is 10.6. The maximum absolute atomic E-state index is 11.7. The van der Waals surface area contributed by atoms with Crippen LogP contribution in [0.5, 0.6) is 0 Å². The van der Waals surface area contributed by atoms with Gasteiger partial charge in [-0.05, 0) is 32.9 Å². The van der Waals surface area contributed by atoms with Crippen molar-refractivity contribution in [1.82, 2.24) is 15.6 Å². The topological polar surface area (TPSA) is 76.4 Å². The van der Waals surface area contributed by atoms with Gasteiger partial charge in [-0.3, -0.25) is 4.79 Å². The van der Waals surface area contributed by atoms with E-state index in [9.17, 15) is 4.79 Å². The Hall–Kier alpha value is -1.40. The number of hydrogen-bond acceptors (Lipinski definition) is 5. The molecular formula is C12H19N3O3. The molecule has 0 radical (unpaired) electrons. The van der Waals surface area contributed by atoms with E-state index < -0.39 is 0 Å². The monoisotopic (exact) mass is 253 g/mol. The third kappa shape index (κ3) is 3.54. The van der Waals surface area contributed by atoms with E-state index in [0.717, 1.165) is 25.9 Å². The molecule has 1 amide bonds. The highest BCUT2D eigenvalue weighted by atomic mass is 16.5. The Morgan fingerprint density at radius 1 is 1.61 bits per heavy atom. The molecule has 0 saturated carbocycles. The molecule has 1 aliphatic heterocycles. The van der Waals surface area contributed by atoms with Crippen molar-refractivity contribution in [3.63, 3.8) is 0 Å². The Kier molecular flexibility index (Phi) is 4.72. The van der Waals surface area contributed by atoms with Crippen molar-refractivity contribution in [1.29, 1.82) is 0 Å². The molecule has 0 spiro atoms. The van der Waals surface area contributed by atoms with Gasteiger partial charge in [-0.15, -0.1) is 0 Å². The number of nitrogens with zero attached hydrogens (tertiary/aromatic N) is 1. The number of amides is 1. The number of carbonyl (C=O) groups is 1. The SMILES string of the molecule is Cc1ncoc1C(=O)NCCOC1CCNCC1. The van der Waals surface area contributed by atoms with Crippen LogP contribution in [0, 0.1) is 6.92 Å². The van der Waals surface area contributed by atoms with Crippen LogP contribution in [-0.2, 0) is 4.74 Å². The highest BCUT2D eigenvalue weighted by Gasteiger charge is 2.15. The predicted molar refractivity (Wildman–Crippen MR) is 65.4 cm³/mol. The molecule has 6 nitrogen and oxygen atoms in total. The van der Waals surface area contributed by atoms with Crippen molar-refractivity contribution in [2.45, 2.75) is 25.9 Å². The lowest BCUT2D eigenvalue weighted by Gasteiger charge is -2.22. The predicted octanol–water partition coefficient (Wildman–Crippen LogP) is 0.481. The summed E-state index contributed by atoms with van der Waals surface area (Å²) in [5.74, 6) is 0.0378. The van der Waals surface area contributed by atoms with E-state index in [-0.39, 0.29) is 11.7 Å². The largest absolute Gasteiger partial charge is 0.438 e. The van der Waals surface area contributed by atoms with E-state index in [1.807, 2.05) is 0 Å². The maximum atomic E-state index is 11.7. The number of carbonyl (C=O) groups excluding carboxylic acids is 1. The lowest BCUT2D eigenvalue weighted by atomic mass is 10.1. The van der Waals surface area contributed by atoms with Gasteiger partial charge in [0.15, 0.2) is 6.39 Å². The molecule has 0 atom stereocenters. The molecule has 1 fully saturated rings. The van der Waals surface area contributed by atoms with Crippen LogP contribution in [0.2, 0.25) is 0 Å². The molecule has 2 rings (SSSR count). The van der Waals surface area contributed by atoms with Crippen LogP contribution in [-0.4, -0.2) is 43.2 Å². The summed E-state index contributed by atoms with van der Waals surface area (Å²) < 4.78 is 10.7. The Bertz CT molecular complexity index is 386. The molecule has 100 valence electrons. The van der Waals surface area contributed by atoms with Gasteiger partial charge in [0.05, 0.1) is 18.4 Å². The van der Waals surface area contributed by atoms with Gasteiger partial charge in [-0.25, -0.2) is 4.98 Å². The van der Waals surface area contributed by atoms with Crippen LogP contribution in [0.3, 0.4) is 0 Å². The van der Waals surface area contributed by atoms with Gasteiger partial charge in [0.2, 0.25) is 5.76 Å². The lowest BCUT2D eigenvalue weighted by Crippen LogP contribution is -2.34. The summed E-state index contributed by atoms with van der Waals surface area (Å²) in [5.41, 5.74) is 0.603. The van der Waals surface area contributed by atoms with E-state index >= 15 is 0 Å². The second-order valence-electron chi connectivity index (χ2n) is 4.34. The highest BCUT2D eigenvalue weighted by Crippen LogP contribution is 2.07. The van der Waals surface area contributed by atoms with Crippen molar-refractivity contribution in [2.24, 2.45) is 0 Å². The minimum absolute atomic E-state index is 0.237. The summed E-state index contributed by atoms with van der Waals surface area (Å²) in [5, 5.41) is 6.03. The molecule has 0 unspecified atom stereocenters. The first-order valence-corrected chi connectivity index (χ1v) is 6.28. The van der Waals surface area contributed by atoms with Crippen LogP contribution in [0.15, 0.2) is 10.8 Å². The first-order valence-electron chi connectivity index (χ1n) is 6.28. The van der Waals surface area contributed by atoms with Gasteiger partial charge in [0, 0.05) is 6.54 Å². The summed E-state index contributed by atoms with van der Waals surface area (Å²) in [4.78, 5) is 15.5. The van der Waals surface area contributed by atoms with Crippen LogP contribution in [0.4, 0.5) is 0 Å². The van der Waals surface area contributed by atoms with E-state index in [1.165, 1.54) is 6.39 Å². The molecule has 2 heterocycles. The molecule has 1 aromatic heterocycles. The number of aromatic nitrogens is 1. The van der Waals surface area contributed by atoms with Crippen LogP contribution < -0.4 is 10.6 Å². The Morgan fingerprint density at radius 3 is 3.06 bits per heavy atom. The summed E-state index contributed by atoms with van der Waals surface area (Å²) in [6, 6.07) is 0. The molecule has 6 heteroatoms. The summed E-state index contributed by atoms with van der Waals surface area (Å²) in [7, 11) is 0. The first-order chi connectivity index (χ1) is 8.77. The molecule has 1 aliphatic rings. The molecule has 18 heavy (non-hydrogen) atoms. The molecule has 0 aliphatic carbocycles. The Labute approximate surface area is 106 Å². The van der Waals surface area contributed by atoms with Crippen molar-refractivity contribution in [3.05, 3.63) is 17.8 Å². The molecule has 2 N–H and O–H groups in total. The second-order valence-corrected chi connectivity index (χ2v) is 4.34. The van der Waals surface area contributed by atoms with Gasteiger partial charge in [-0.2, -0.15) is 0 Å². The van der Waals surface area contributed by atoms with Gasteiger partial charge >= 0.3 is 0 Å². The lowest BCUT2D eigenvalue weighted by molar-refractivity contribution is 0.0341. The standard InChI is InChI=1S/C12H19N3O3/c1-9-11(18-8-15-9)12(16)14-6-7-17-10-2-4-13-5-3-10/h8,10,13H,2-7H2,1H3,(H,14,16). The number of oxazole rings is 1. The van der Waals surface area contributed by atoms with Gasteiger partial charge in [-0.1, -0.05) is 0 Å². The zero-order chi connectivity index (χ0) is 12.8. The summed E-state index contributed by atoms with van der Waals surface area (Å²) in [6.45, 7) is 4.78. The molecule has 0 aromatic carbocycles. The quantitative estimate of drug-likeness (QED) is 0.746. The summed E-state index contributed by atoms with van der Waals surface area (Å²) in [6.07, 6.45) is 3.66. The van der Waals surface area contributed by atoms with Crippen LogP contribution >= 0.6 is 0 Å². The van der Waals surface area contributed by atoms with Crippen molar-refractivity contribution >= 4 is 5.91 Å². The minimum Gasteiger partial charge on any atom is -0.438 e. The number of aryl methyl sites for hydroxylation is 1. The third-order valence-corrected chi connectivity index (χ3v) is 2.98. The van der Waals surface area contributed by atoms with Crippen LogP contribution in [0.1, 0.15) is 29.1 Å². The minimum atomic E-state index is -0.237. The normalized spacial score (nSPS) is 16.7. The van der Waals surface area contributed by atoms with E-state index in [4.69, 9.17) is 9.15 Å². The van der Waals surface area contributed by atoms with Gasteiger partial charge < -0.3 is 19.8 Å². The molecule has 1 aromatic rings. The van der Waals surface area contributed by atoms with Crippen LogP contribution in [0.25, 0.3) is 0 Å². The Morgan fingerprint density at radius 2 is 2.39 bits per heavy atom.